The van der Waals surface area contributed by atoms with Gasteiger partial charge in [0, 0.05) is 24.9 Å². The third-order valence-corrected chi connectivity index (χ3v) is 5.33. The lowest BCUT2D eigenvalue weighted by Gasteiger charge is -2.30. The predicted molar refractivity (Wildman–Crippen MR) is 51.6 cm³/mol. The van der Waals surface area contributed by atoms with Crippen molar-refractivity contribution in [1.29, 1.82) is 0 Å². The van der Waals surface area contributed by atoms with Gasteiger partial charge in [-0.1, -0.05) is 10.8 Å². The fourth-order valence-electron chi connectivity index (χ4n) is 1.56. The highest BCUT2D eigenvalue weighted by atomic mass is 33.1. The summed E-state index contributed by atoms with van der Waals surface area (Å²) in [7, 11) is 0.968. The zero-order valence-electron chi connectivity index (χ0n) is 6.90. The minimum absolute atomic E-state index is 0.541. The van der Waals surface area contributed by atoms with E-state index in [2.05, 4.69) is 4.90 Å². The van der Waals surface area contributed by atoms with Crippen LogP contribution in [0, 0.1) is 0 Å². The van der Waals surface area contributed by atoms with Crippen molar-refractivity contribution in [2.45, 2.75) is 6.04 Å². The van der Waals surface area contributed by atoms with Crippen molar-refractivity contribution < 1.29 is 8.95 Å². The highest BCUT2D eigenvalue weighted by Crippen LogP contribution is 2.23. The highest BCUT2D eigenvalue weighted by molar-refractivity contribution is 8.69. The van der Waals surface area contributed by atoms with Gasteiger partial charge in [-0.25, -0.2) is 4.21 Å². The third kappa shape index (κ3) is 2.02. The number of hydrogen-bond donors (Lipinski definition) is 0. The number of ether oxygens (including phenoxy) is 1. The molecule has 12 heavy (non-hydrogen) atoms. The summed E-state index contributed by atoms with van der Waals surface area (Å²) in [6.45, 7) is 3.71. The van der Waals surface area contributed by atoms with E-state index in [1.807, 2.05) is 0 Å². The van der Waals surface area contributed by atoms with Crippen molar-refractivity contribution in [2.75, 3.05) is 37.8 Å². The monoisotopic (exact) mass is 207 g/mol. The summed E-state index contributed by atoms with van der Waals surface area (Å²) in [6, 6.07) is 0.541. The average Bonchev–Trinajstić information content (AvgIpc) is 2.54. The molecule has 70 valence electrons. The van der Waals surface area contributed by atoms with Crippen LogP contribution in [0.1, 0.15) is 0 Å². The average molecular weight is 207 g/mol. The second kappa shape index (κ2) is 4.09. The normalized spacial score (nSPS) is 38.7. The van der Waals surface area contributed by atoms with Crippen molar-refractivity contribution in [3.05, 3.63) is 0 Å². The van der Waals surface area contributed by atoms with E-state index in [0.717, 1.165) is 37.8 Å². The van der Waals surface area contributed by atoms with Gasteiger partial charge in [-0.3, -0.25) is 4.90 Å². The Hall–Kier alpha value is 0.420. The quantitative estimate of drug-likeness (QED) is 0.570. The smallest absolute Gasteiger partial charge is 0.0820 e. The summed E-state index contributed by atoms with van der Waals surface area (Å²) in [5.41, 5.74) is 0. The van der Waals surface area contributed by atoms with E-state index >= 15 is 0 Å². The SMILES string of the molecule is O=S1CC(N2CCOCC2)CS1. The van der Waals surface area contributed by atoms with Gasteiger partial charge in [0.15, 0.2) is 0 Å². The Balaban J connectivity index is 1.86. The molecule has 2 rings (SSSR count). The Morgan fingerprint density at radius 3 is 2.75 bits per heavy atom. The maximum Gasteiger partial charge on any atom is 0.0820 e. The zero-order chi connectivity index (χ0) is 8.39. The fourth-order valence-corrected chi connectivity index (χ4v) is 4.77. The molecule has 0 amide bonds. The van der Waals surface area contributed by atoms with Gasteiger partial charge in [-0.05, 0) is 0 Å². The zero-order valence-corrected chi connectivity index (χ0v) is 8.53. The first kappa shape index (κ1) is 8.99. The number of rotatable bonds is 1. The molecule has 0 saturated carbocycles. The van der Waals surface area contributed by atoms with Crippen LogP contribution in [0.15, 0.2) is 0 Å². The van der Waals surface area contributed by atoms with E-state index in [1.165, 1.54) is 0 Å². The van der Waals surface area contributed by atoms with E-state index in [1.54, 1.807) is 10.8 Å². The lowest BCUT2D eigenvalue weighted by molar-refractivity contribution is 0.0257. The van der Waals surface area contributed by atoms with Gasteiger partial charge in [-0.15, -0.1) is 0 Å². The van der Waals surface area contributed by atoms with Crippen LogP contribution in [0.5, 0.6) is 0 Å². The Bertz CT molecular complexity index is 182. The molecule has 0 bridgehead atoms. The first-order chi connectivity index (χ1) is 5.86. The topological polar surface area (TPSA) is 29.5 Å². The molecule has 0 aromatic heterocycles. The summed E-state index contributed by atoms with van der Waals surface area (Å²) < 4.78 is 16.4. The summed E-state index contributed by atoms with van der Waals surface area (Å²) in [4.78, 5) is 2.40. The van der Waals surface area contributed by atoms with Gasteiger partial charge >= 0.3 is 0 Å². The molecule has 2 aliphatic heterocycles. The highest BCUT2D eigenvalue weighted by Gasteiger charge is 2.28. The Kier molecular flexibility index (Phi) is 3.06. The molecule has 3 nitrogen and oxygen atoms in total. The minimum atomic E-state index is -0.620. The molecule has 2 saturated heterocycles. The summed E-state index contributed by atoms with van der Waals surface area (Å²) in [5, 5.41) is 0. The van der Waals surface area contributed by atoms with Crippen LogP contribution in [0.25, 0.3) is 0 Å². The predicted octanol–water partition coefficient (Wildman–Crippen LogP) is 0.0977. The molecule has 0 radical (unpaired) electrons. The van der Waals surface area contributed by atoms with Crippen molar-refractivity contribution >= 4 is 20.6 Å². The minimum Gasteiger partial charge on any atom is -0.379 e. The Morgan fingerprint density at radius 2 is 2.17 bits per heavy atom. The molecule has 5 heteroatoms. The molecule has 0 spiro atoms. The maximum atomic E-state index is 11.1. The summed E-state index contributed by atoms with van der Waals surface area (Å²) in [6.07, 6.45) is 0. The van der Waals surface area contributed by atoms with E-state index < -0.39 is 9.83 Å². The molecule has 0 aromatic carbocycles. The number of hydrogen-bond acceptors (Lipinski definition) is 4. The van der Waals surface area contributed by atoms with Crippen LogP contribution in [-0.2, 0) is 14.6 Å². The van der Waals surface area contributed by atoms with Crippen molar-refractivity contribution in [3.63, 3.8) is 0 Å². The largest absolute Gasteiger partial charge is 0.379 e. The van der Waals surface area contributed by atoms with Gasteiger partial charge in [0.05, 0.1) is 28.8 Å². The van der Waals surface area contributed by atoms with E-state index in [4.69, 9.17) is 4.74 Å². The van der Waals surface area contributed by atoms with Gasteiger partial charge in [0.25, 0.3) is 0 Å². The first-order valence-corrected chi connectivity index (χ1v) is 7.02. The van der Waals surface area contributed by atoms with Gasteiger partial charge in [-0.2, -0.15) is 0 Å². The van der Waals surface area contributed by atoms with E-state index in [9.17, 15) is 4.21 Å². The molecule has 0 aromatic rings. The van der Waals surface area contributed by atoms with Gasteiger partial charge in [0.2, 0.25) is 0 Å². The molecule has 0 aliphatic carbocycles. The van der Waals surface area contributed by atoms with E-state index in [0.29, 0.717) is 6.04 Å². The fraction of sp³-hybridized carbons (Fsp3) is 1.00. The van der Waals surface area contributed by atoms with Gasteiger partial charge < -0.3 is 4.74 Å². The summed E-state index contributed by atoms with van der Waals surface area (Å²) >= 11 is 0. The standard InChI is InChI=1S/C7H13NO2S2/c9-12-6-7(5-11-12)8-1-3-10-4-2-8/h7H,1-6H2. The lowest BCUT2D eigenvalue weighted by atomic mass is 10.3. The van der Waals surface area contributed by atoms with Crippen molar-refractivity contribution in [3.8, 4) is 0 Å². The van der Waals surface area contributed by atoms with E-state index in [-0.39, 0.29) is 0 Å². The van der Waals surface area contributed by atoms with Crippen LogP contribution in [0.3, 0.4) is 0 Å². The molecule has 2 aliphatic rings. The molecular weight excluding hydrogens is 194 g/mol. The number of nitrogens with zero attached hydrogens (tertiary/aromatic N) is 1. The second-order valence-corrected chi connectivity index (χ2v) is 6.39. The molecule has 2 fully saturated rings. The van der Waals surface area contributed by atoms with Crippen LogP contribution >= 0.6 is 10.8 Å². The second-order valence-electron chi connectivity index (χ2n) is 3.06. The van der Waals surface area contributed by atoms with Crippen molar-refractivity contribution in [1.82, 2.24) is 4.90 Å². The first-order valence-electron chi connectivity index (χ1n) is 4.20. The maximum absolute atomic E-state index is 11.1. The van der Waals surface area contributed by atoms with Crippen LogP contribution in [0.2, 0.25) is 0 Å². The molecule has 2 atom stereocenters. The van der Waals surface area contributed by atoms with Gasteiger partial charge in [0.1, 0.15) is 0 Å². The Morgan fingerprint density at radius 1 is 1.42 bits per heavy atom. The number of morpholine rings is 1. The molecule has 0 N–H and O–H groups in total. The van der Waals surface area contributed by atoms with Crippen LogP contribution in [-0.4, -0.2) is 53.0 Å². The van der Waals surface area contributed by atoms with Crippen molar-refractivity contribution in [2.24, 2.45) is 0 Å². The Labute approximate surface area is 78.7 Å². The molecule has 2 unspecified atom stereocenters. The summed E-state index contributed by atoms with van der Waals surface area (Å²) in [5.74, 6) is 1.89. The lowest BCUT2D eigenvalue weighted by Crippen LogP contribution is -2.45. The third-order valence-electron chi connectivity index (χ3n) is 2.28. The van der Waals surface area contributed by atoms with Crippen LogP contribution in [0.4, 0.5) is 0 Å². The molecule has 2 heterocycles. The molecular formula is C7H13NO2S2. The van der Waals surface area contributed by atoms with Crippen LogP contribution < -0.4 is 0 Å².